The molecule has 1 aliphatic heterocycles. The number of benzene rings is 2. The van der Waals surface area contributed by atoms with Gasteiger partial charge in [0.1, 0.15) is 0 Å². The van der Waals surface area contributed by atoms with Gasteiger partial charge in [0.15, 0.2) is 0 Å². The van der Waals surface area contributed by atoms with Gasteiger partial charge in [-0.1, -0.05) is 88.4 Å². The van der Waals surface area contributed by atoms with Crippen molar-refractivity contribution in [1.29, 1.82) is 0 Å². The van der Waals surface area contributed by atoms with Gasteiger partial charge >= 0.3 is 0 Å². The van der Waals surface area contributed by atoms with E-state index in [0.717, 1.165) is 0 Å². The number of rotatable bonds is 3. The van der Waals surface area contributed by atoms with Crippen molar-refractivity contribution >= 4 is 0 Å². The van der Waals surface area contributed by atoms with Gasteiger partial charge in [0.05, 0.1) is 0 Å². The molecule has 132 valence electrons. The van der Waals surface area contributed by atoms with Crippen LogP contribution in [-0.2, 0) is 5.41 Å². The van der Waals surface area contributed by atoms with Crippen LogP contribution in [0.1, 0.15) is 58.6 Å². The summed E-state index contributed by atoms with van der Waals surface area (Å²) in [5.74, 6) is 0. The van der Waals surface area contributed by atoms with Gasteiger partial charge in [0.2, 0.25) is 0 Å². The van der Waals surface area contributed by atoms with Gasteiger partial charge in [0.25, 0.3) is 0 Å². The zero-order chi connectivity index (χ0) is 18.0. The second-order valence-electron chi connectivity index (χ2n) is 6.07. The highest BCUT2D eigenvalue weighted by Gasteiger charge is 2.41. The van der Waals surface area contributed by atoms with Crippen molar-refractivity contribution in [2.24, 2.45) is 0 Å². The fourth-order valence-electron chi connectivity index (χ4n) is 3.76. The van der Waals surface area contributed by atoms with Crippen molar-refractivity contribution in [3.8, 4) is 0 Å². The second-order valence-corrected chi connectivity index (χ2v) is 6.07. The van der Waals surface area contributed by atoms with E-state index in [1.54, 1.807) is 0 Å². The molecule has 3 rings (SSSR count). The molecule has 0 radical (unpaired) electrons. The summed E-state index contributed by atoms with van der Waals surface area (Å²) in [5.41, 5.74) is 2.91. The number of likely N-dealkylation sites (tertiary alicyclic amines) is 1. The van der Waals surface area contributed by atoms with Gasteiger partial charge in [-0.15, -0.1) is 0 Å². The molecule has 1 heterocycles. The first-order chi connectivity index (χ1) is 11.7. The highest BCUT2D eigenvalue weighted by molar-refractivity contribution is 5.41. The summed E-state index contributed by atoms with van der Waals surface area (Å²) < 4.78 is 0. The molecule has 2 aromatic rings. The largest absolute Gasteiger partial charge is 0.302 e. The minimum atomic E-state index is 0.0633. The van der Waals surface area contributed by atoms with Gasteiger partial charge in [-0.25, -0.2) is 0 Å². The van der Waals surface area contributed by atoms with Crippen LogP contribution in [0.3, 0.4) is 0 Å². The summed E-state index contributed by atoms with van der Waals surface area (Å²) in [6.45, 7) is 11.6. The molecule has 0 aromatic heterocycles. The van der Waals surface area contributed by atoms with Crippen molar-refractivity contribution in [2.75, 3.05) is 13.6 Å². The predicted molar refractivity (Wildman–Crippen MR) is 108 cm³/mol. The normalized spacial score (nSPS) is 17.3. The van der Waals surface area contributed by atoms with Crippen LogP contribution in [0.5, 0.6) is 0 Å². The standard InChI is InChI=1S/C19H23N.2C2H6/c1-19(16-10-5-3-6-11-16,17-12-7-4-8-13-17)18-14-9-15-20(18)2;2*1-2/h3-8,10-13,18H,9,14-15H2,1-2H3;2*1-2H3. The van der Waals surface area contributed by atoms with E-state index >= 15 is 0 Å². The first kappa shape index (κ1) is 20.4. The molecule has 1 unspecified atom stereocenters. The highest BCUT2D eigenvalue weighted by atomic mass is 15.2. The highest BCUT2D eigenvalue weighted by Crippen LogP contribution is 2.41. The Hall–Kier alpha value is -1.60. The summed E-state index contributed by atoms with van der Waals surface area (Å²) >= 11 is 0. The fourth-order valence-corrected chi connectivity index (χ4v) is 3.76. The van der Waals surface area contributed by atoms with Crippen LogP contribution in [0.4, 0.5) is 0 Å². The Morgan fingerprint density at radius 1 is 0.792 bits per heavy atom. The first-order valence-electron chi connectivity index (χ1n) is 9.54. The number of nitrogens with zero attached hydrogens (tertiary/aromatic N) is 1. The first-order valence-corrected chi connectivity index (χ1v) is 9.54. The zero-order valence-electron chi connectivity index (χ0n) is 16.4. The van der Waals surface area contributed by atoms with E-state index < -0.39 is 0 Å². The molecule has 2 aromatic carbocycles. The molecule has 0 saturated carbocycles. The van der Waals surface area contributed by atoms with E-state index in [-0.39, 0.29) is 5.41 Å². The topological polar surface area (TPSA) is 3.24 Å². The third-order valence-electron chi connectivity index (χ3n) is 4.93. The summed E-state index contributed by atoms with van der Waals surface area (Å²) in [4.78, 5) is 2.53. The summed E-state index contributed by atoms with van der Waals surface area (Å²) in [5, 5.41) is 0. The van der Waals surface area contributed by atoms with Crippen LogP contribution in [0.2, 0.25) is 0 Å². The SMILES string of the molecule is CC.CC.CN1CCCC1C(C)(c1ccccc1)c1ccccc1. The maximum absolute atomic E-state index is 2.53. The lowest BCUT2D eigenvalue weighted by Crippen LogP contribution is -2.44. The van der Waals surface area contributed by atoms with Crippen LogP contribution >= 0.6 is 0 Å². The molecule has 1 aliphatic rings. The van der Waals surface area contributed by atoms with Gasteiger partial charge in [-0.3, -0.25) is 0 Å². The van der Waals surface area contributed by atoms with Gasteiger partial charge in [0, 0.05) is 11.5 Å². The van der Waals surface area contributed by atoms with Gasteiger partial charge in [-0.2, -0.15) is 0 Å². The summed E-state index contributed by atoms with van der Waals surface area (Å²) in [6.07, 6.45) is 2.58. The van der Waals surface area contributed by atoms with E-state index in [2.05, 4.69) is 79.5 Å². The minimum Gasteiger partial charge on any atom is -0.302 e. The van der Waals surface area contributed by atoms with E-state index in [9.17, 15) is 0 Å². The summed E-state index contributed by atoms with van der Waals surface area (Å²) in [7, 11) is 2.27. The quantitative estimate of drug-likeness (QED) is 0.655. The molecule has 0 bridgehead atoms. The number of hydrogen-bond acceptors (Lipinski definition) is 1. The molecule has 1 nitrogen and oxygen atoms in total. The maximum Gasteiger partial charge on any atom is 0.0329 e. The molecule has 0 N–H and O–H groups in total. The van der Waals surface area contributed by atoms with Crippen LogP contribution in [0.15, 0.2) is 60.7 Å². The molecule has 1 heteroatoms. The van der Waals surface area contributed by atoms with Crippen LogP contribution < -0.4 is 0 Å². The lowest BCUT2D eigenvalue weighted by molar-refractivity contribution is 0.231. The van der Waals surface area contributed by atoms with Crippen molar-refractivity contribution in [3.63, 3.8) is 0 Å². The molecule has 0 amide bonds. The molecular weight excluding hydrogens is 290 g/mol. The van der Waals surface area contributed by atoms with Crippen LogP contribution in [-0.4, -0.2) is 24.5 Å². The van der Waals surface area contributed by atoms with Crippen LogP contribution in [0, 0.1) is 0 Å². The Morgan fingerprint density at radius 2 is 1.21 bits per heavy atom. The third kappa shape index (κ3) is 4.27. The van der Waals surface area contributed by atoms with Crippen molar-refractivity contribution in [1.82, 2.24) is 4.90 Å². The number of hydrogen-bond donors (Lipinski definition) is 0. The second kappa shape index (κ2) is 10.3. The molecular formula is C23H35N. The van der Waals surface area contributed by atoms with E-state index in [1.807, 2.05) is 27.7 Å². The molecule has 1 fully saturated rings. The Kier molecular flexibility index (Phi) is 8.78. The van der Waals surface area contributed by atoms with E-state index in [0.29, 0.717) is 6.04 Å². The molecule has 1 saturated heterocycles. The third-order valence-corrected chi connectivity index (χ3v) is 4.93. The molecule has 1 atom stereocenters. The van der Waals surface area contributed by atoms with Gasteiger partial charge < -0.3 is 4.90 Å². The predicted octanol–water partition coefficient (Wildman–Crippen LogP) is 6.14. The lowest BCUT2D eigenvalue weighted by Gasteiger charge is -2.40. The average Bonchev–Trinajstić information content (AvgIpc) is 3.12. The smallest absolute Gasteiger partial charge is 0.0329 e. The molecule has 24 heavy (non-hydrogen) atoms. The van der Waals surface area contributed by atoms with E-state index in [4.69, 9.17) is 0 Å². The lowest BCUT2D eigenvalue weighted by atomic mass is 9.70. The van der Waals surface area contributed by atoms with Crippen LogP contribution in [0.25, 0.3) is 0 Å². The Balaban J connectivity index is 0.000000671. The fraction of sp³-hybridized carbons (Fsp3) is 0.478. The number of likely N-dealkylation sites (N-methyl/N-ethyl adjacent to an activating group) is 1. The van der Waals surface area contributed by atoms with Crippen molar-refractivity contribution < 1.29 is 0 Å². The van der Waals surface area contributed by atoms with Gasteiger partial charge in [-0.05, 0) is 44.5 Å². The maximum atomic E-state index is 2.53. The van der Waals surface area contributed by atoms with Crippen molar-refractivity contribution in [2.45, 2.75) is 58.9 Å². The minimum absolute atomic E-state index is 0.0633. The Labute approximate surface area is 149 Å². The van der Waals surface area contributed by atoms with Crippen molar-refractivity contribution in [3.05, 3.63) is 71.8 Å². The summed E-state index contributed by atoms with van der Waals surface area (Å²) in [6, 6.07) is 22.5. The molecule has 0 aliphatic carbocycles. The van der Waals surface area contributed by atoms with E-state index in [1.165, 1.54) is 30.5 Å². The molecule has 0 spiro atoms. The zero-order valence-corrected chi connectivity index (χ0v) is 16.4. The Bertz CT molecular complexity index is 507. The average molecular weight is 326 g/mol. The Morgan fingerprint density at radius 3 is 1.54 bits per heavy atom. The monoisotopic (exact) mass is 325 g/mol.